The number of amides is 1. The van der Waals surface area contributed by atoms with E-state index in [2.05, 4.69) is 10.2 Å². The standard InChI is InChI=1S/C16H20F3N5O2S/c1-9-4-10(2)6-12(5-9)26-7-13-22-23-15(24(13)20)27-11(3)14(25)21-8-16(17,18)19/h4-6,11H,7-8,20H2,1-3H3,(H,21,25). The number of nitrogens with two attached hydrogens (primary N) is 1. The van der Waals surface area contributed by atoms with Gasteiger partial charge in [0, 0.05) is 0 Å². The lowest BCUT2D eigenvalue weighted by molar-refractivity contribution is -0.137. The van der Waals surface area contributed by atoms with Crippen molar-refractivity contribution in [2.24, 2.45) is 0 Å². The number of aryl methyl sites for hydroxylation is 2. The molecule has 0 aliphatic carbocycles. The topological polar surface area (TPSA) is 95.1 Å². The van der Waals surface area contributed by atoms with Crippen LogP contribution in [0.4, 0.5) is 13.2 Å². The van der Waals surface area contributed by atoms with Gasteiger partial charge in [0.1, 0.15) is 18.9 Å². The summed E-state index contributed by atoms with van der Waals surface area (Å²) in [6, 6.07) is 5.75. The van der Waals surface area contributed by atoms with Gasteiger partial charge in [-0.05, 0) is 44.0 Å². The van der Waals surface area contributed by atoms with E-state index in [0.29, 0.717) is 11.6 Å². The van der Waals surface area contributed by atoms with Crippen LogP contribution in [0.5, 0.6) is 5.75 Å². The molecule has 2 aromatic rings. The van der Waals surface area contributed by atoms with Gasteiger partial charge in [-0.25, -0.2) is 4.68 Å². The van der Waals surface area contributed by atoms with Crippen LogP contribution in [-0.4, -0.2) is 38.8 Å². The fourth-order valence-corrected chi connectivity index (χ4v) is 3.01. The van der Waals surface area contributed by atoms with Gasteiger partial charge >= 0.3 is 6.18 Å². The number of carbonyl (C=O) groups excluding carboxylic acids is 1. The predicted molar refractivity (Wildman–Crippen MR) is 94.8 cm³/mol. The Kier molecular flexibility index (Phi) is 6.58. The summed E-state index contributed by atoms with van der Waals surface area (Å²) in [4.78, 5) is 11.7. The first-order valence-corrected chi connectivity index (χ1v) is 8.84. The second kappa shape index (κ2) is 8.51. The fraction of sp³-hybridized carbons (Fsp3) is 0.438. The summed E-state index contributed by atoms with van der Waals surface area (Å²) in [5.41, 5.74) is 2.10. The number of rotatable bonds is 7. The molecule has 1 aromatic carbocycles. The number of nitrogens with one attached hydrogen (secondary N) is 1. The zero-order valence-electron chi connectivity index (χ0n) is 15.0. The van der Waals surface area contributed by atoms with Gasteiger partial charge in [-0.3, -0.25) is 4.79 Å². The highest BCUT2D eigenvalue weighted by Gasteiger charge is 2.29. The molecule has 1 atom stereocenters. The lowest BCUT2D eigenvalue weighted by Gasteiger charge is -2.13. The molecular weight excluding hydrogens is 383 g/mol. The smallest absolute Gasteiger partial charge is 0.405 e. The van der Waals surface area contributed by atoms with Crippen molar-refractivity contribution < 1.29 is 22.7 Å². The van der Waals surface area contributed by atoms with E-state index in [0.717, 1.165) is 27.6 Å². The van der Waals surface area contributed by atoms with Crippen molar-refractivity contribution in [3.63, 3.8) is 0 Å². The largest absolute Gasteiger partial charge is 0.486 e. The number of aromatic nitrogens is 3. The van der Waals surface area contributed by atoms with Crippen molar-refractivity contribution in [2.45, 2.75) is 44.0 Å². The van der Waals surface area contributed by atoms with Gasteiger partial charge in [0.2, 0.25) is 11.1 Å². The number of thioether (sulfide) groups is 1. The zero-order valence-corrected chi connectivity index (χ0v) is 15.8. The zero-order chi connectivity index (χ0) is 20.2. The van der Waals surface area contributed by atoms with E-state index in [1.54, 1.807) is 0 Å². The van der Waals surface area contributed by atoms with Crippen molar-refractivity contribution in [1.29, 1.82) is 0 Å². The Bertz CT molecular complexity index is 790. The molecule has 0 saturated carbocycles. The highest BCUT2D eigenvalue weighted by molar-refractivity contribution is 8.00. The Hall–Kier alpha value is -2.43. The van der Waals surface area contributed by atoms with Crippen molar-refractivity contribution >= 4 is 17.7 Å². The first-order valence-electron chi connectivity index (χ1n) is 7.97. The van der Waals surface area contributed by atoms with E-state index < -0.39 is 23.9 Å². The van der Waals surface area contributed by atoms with Gasteiger partial charge < -0.3 is 15.9 Å². The van der Waals surface area contributed by atoms with E-state index in [1.165, 1.54) is 6.92 Å². The average molecular weight is 403 g/mol. The van der Waals surface area contributed by atoms with Gasteiger partial charge in [-0.15, -0.1) is 10.2 Å². The van der Waals surface area contributed by atoms with Gasteiger partial charge in [0.05, 0.1) is 5.25 Å². The molecule has 0 spiro atoms. The molecule has 0 saturated heterocycles. The van der Waals surface area contributed by atoms with Gasteiger partial charge in [0.25, 0.3) is 0 Å². The molecule has 2 rings (SSSR count). The molecule has 0 aliphatic heterocycles. The van der Waals surface area contributed by atoms with Crippen molar-refractivity contribution in [2.75, 3.05) is 12.4 Å². The molecule has 0 radical (unpaired) electrons. The number of halogens is 3. The van der Waals surface area contributed by atoms with Crippen molar-refractivity contribution in [3.8, 4) is 5.75 Å². The summed E-state index contributed by atoms with van der Waals surface area (Å²) in [7, 11) is 0. The van der Waals surface area contributed by atoms with Crippen molar-refractivity contribution in [1.82, 2.24) is 20.2 Å². The molecule has 148 valence electrons. The van der Waals surface area contributed by atoms with Gasteiger partial charge in [-0.2, -0.15) is 13.2 Å². The molecule has 0 fully saturated rings. The normalized spacial score (nSPS) is 12.7. The maximum atomic E-state index is 12.2. The maximum Gasteiger partial charge on any atom is 0.405 e. The minimum absolute atomic E-state index is 0.0571. The number of benzene rings is 1. The first-order chi connectivity index (χ1) is 12.5. The third-order valence-electron chi connectivity index (χ3n) is 3.41. The molecule has 1 unspecified atom stereocenters. The molecule has 27 heavy (non-hydrogen) atoms. The second-order valence-electron chi connectivity index (χ2n) is 5.97. The summed E-state index contributed by atoms with van der Waals surface area (Å²) in [6.45, 7) is 4.02. The number of nitrogens with zero attached hydrogens (tertiary/aromatic N) is 3. The van der Waals surface area contributed by atoms with Crippen LogP contribution in [0.2, 0.25) is 0 Å². The predicted octanol–water partition coefficient (Wildman–Crippen LogP) is 2.35. The molecule has 7 nitrogen and oxygen atoms in total. The minimum atomic E-state index is -4.47. The van der Waals surface area contributed by atoms with E-state index in [-0.39, 0.29) is 11.8 Å². The Morgan fingerprint density at radius 3 is 2.52 bits per heavy atom. The minimum Gasteiger partial charge on any atom is -0.486 e. The number of alkyl halides is 3. The quantitative estimate of drug-likeness (QED) is 0.544. The van der Waals surface area contributed by atoms with Crippen LogP contribution in [0.1, 0.15) is 23.9 Å². The molecule has 1 heterocycles. The molecule has 0 bridgehead atoms. The van der Waals surface area contributed by atoms with E-state index in [1.807, 2.05) is 37.4 Å². The molecule has 0 aliphatic rings. The summed E-state index contributed by atoms with van der Waals surface area (Å²) in [6.07, 6.45) is -4.47. The highest BCUT2D eigenvalue weighted by Crippen LogP contribution is 2.22. The maximum absolute atomic E-state index is 12.2. The lowest BCUT2D eigenvalue weighted by Crippen LogP contribution is -2.38. The molecule has 1 amide bonds. The second-order valence-corrected chi connectivity index (χ2v) is 7.28. The molecule has 1 aromatic heterocycles. The molecule has 3 N–H and O–H groups in total. The number of carbonyl (C=O) groups is 1. The lowest BCUT2D eigenvalue weighted by atomic mass is 10.1. The molecule has 11 heteroatoms. The third kappa shape index (κ3) is 6.35. The van der Waals surface area contributed by atoms with Crippen LogP contribution >= 0.6 is 11.8 Å². The number of hydrogen-bond acceptors (Lipinski definition) is 6. The van der Waals surface area contributed by atoms with Crippen LogP contribution in [0.25, 0.3) is 0 Å². The number of ether oxygens (including phenoxy) is 1. The molecular formula is C16H20F3N5O2S. The Morgan fingerprint density at radius 2 is 1.93 bits per heavy atom. The summed E-state index contributed by atoms with van der Waals surface area (Å²) >= 11 is 0.906. The third-order valence-corrected chi connectivity index (χ3v) is 4.47. The van der Waals surface area contributed by atoms with E-state index in [9.17, 15) is 18.0 Å². The Balaban J connectivity index is 1.95. The van der Waals surface area contributed by atoms with Crippen molar-refractivity contribution in [3.05, 3.63) is 35.2 Å². The van der Waals surface area contributed by atoms with E-state index >= 15 is 0 Å². The average Bonchev–Trinajstić information content (AvgIpc) is 2.89. The number of hydrogen-bond donors (Lipinski definition) is 2. The Morgan fingerprint density at radius 1 is 1.30 bits per heavy atom. The van der Waals surface area contributed by atoms with Gasteiger partial charge in [0.15, 0.2) is 5.82 Å². The summed E-state index contributed by atoms with van der Waals surface area (Å²) < 4.78 is 43.3. The summed E-state index contributed by atoms with van der Waals surface area (Å²) in [5.74, 6) is 6.10. The first kappa shape index (κ1) is 20.9. The van der Waals surface area contributed by atoms with Gasteiger partial charge in [-0.1, -0.05) is 17.8 Å². The summed E-state index contributed by atoms with van der Waals surface area (Å²) in [5, 5.41) is 8.96. The SMILES string of the molecule is Cc1cc(C)cc(OCc2nnc(SC(C)C(=O)NCC(F)(F)F)n2N)c1. The number of nitrogen functional groups attached to an aromatic ring is 1. The van der Waals surface area contributed by atoms with E-state index in [4.69, 9.17) is 10.6 Å². The van der Waals surface area contributed by atoms with Crippen LogP contribution in [-0.2, 0) is 11.4 Å². The van der Waals surface area contributed by atoms with Crippen LogP contribution in [0.15, 0.2) is 23.4 Å². The van der Waals surface area contributed by atoms with Crippen LogP contribution in [0, 0.1) is 13.8 Å². The monoisotopic (exact) mass is 403 g/mol. The van der Waals surface area contributed by atoms with Crippen LogP contribution in [0.3, 0.4) is 0 Å². The Labute approximate surface area is 158 Å². The highest BCUT2D eigenvalue weighted by atomic mass is 32.2. The fourth-order valence-electron chi connectivity index (χ4n) is 2.19. The van der Waals surface area contributed by atoms with Crippen LogP contribution < -0.4 is 15.9 Å².